The van der Waals surface area contributed by atoms with Gasteiger partial charge in [0.25, 0.3) is 5.91 Å². The molecule has 1 N–H and O–H groups in total. The number of aryl methyl sites for hydroxylation is 2. The molecule has 0 fully saturated rings. The van der Waals surface area contributed by atoms with E-state index in [4.69, 9.17) is 4.52 Å². The quantitative estimate of drug-likeness (QED) is 0.747. The van der Waals surface area contributed by atoms with Crippen LogP contribution >= 0.6 is 0 Å². The van der Waals surface area contributed by atoms with Crippen LogP contribution in [0.4, 0.5) is 13.2 Å². The van der Waals surface area contributed by atoms with Gasteiger partial charge in [0.15, 0.2) is 5.69 Å². The molecule has 1 amide bonds. The van der Waals surface area contributed by atoms with E-state index in [1.54, 1.807) is 19.3 Å². The molecular formula is C16H15F3N6O2. The Morgan fingerprint density at radius 3 is 2.67 bits per heavy atom. The summed E-state index contributed by atoms with van der Waals surface area (Å²) in [7, 11) is 1.25. The highest BCUT2D eigenvalue weighted by atomic mass is 19.4. The summed E-state index contributed by atoms with van der Waals surface area (Å²) in [5, 5.41) is 9.66. The van der Waals surface area contributed by atoms with E-state index in [1.165, 1.54) is 7.05 Å². The van der Waals surface area contributed by atoms with Crippen molar-refractivity contribution in [3.8, 4) is 11.4 Å². The number of pyridine rings is 1. The SMILES string of the molecule is Cc1cncc(-c2noc([C@H](C)NC(=O)c3cc(C(F)(F)F)nn3C)n2)c1. The zero-order chi connectivity index (χ0) is 19.8. The van der Waals surface area contributed by atoms with Gasteiger partial charge in [-0.1, -0.05) is 5.16 Å². The van der Waals surface area contributed by atoms with Crippen LogP contribution in [0, 0.1) is 6.92 Å². The van der Waals surface area contributed by atoms with Gasteiger partial charge in [-0.25, -0.2) is 0 Å². The van der Waals surface area contributed by atoms with Gasteiger partial charge in [-0.3, -0.25) is 14.5 Å². The molecule has 11 heteroatoms. The predicted octanol–water partition coefficient (Wildman–Crippen LogP) is 2.68. The minimum atomic E-state index is -4.63. The average Bonchev–Trinajstić information content (AvgIpc) is 3.21. The molecule has 3 heterocycles. The molecule has 3 aromatic heterocycles. The lowest BCUT2D eigenvalue weighted by Crippen LogP contribution is -2.28. The van der Waals surface area contributed by atoms with Gasteiger partial charge >= 0.3 is 6.18 Å². The van der Waals surface area contributed by atoms with Crippen LogP contribution in [0.25, 0.3) is 11.4 Å². The van der Waals surface area contributed by atoms with Crippen LogP contribution < -0.4 is 5.32 Å². The van der Waals surface area contributed by atoms with Gasteiger partial charge in [-0.15, -0.1) is 0 Å². The Labute approximate surface area is 151 Å². The van der Waals surface area contributed by atoms with Gasteiger partial charge in [-0.2, -0.15) is 23.3 Å². The summed E-state index contributed by atoms with van der Waals surface area (Å²) in [6, 6.07) is 1.78. The molecule has 3 aromatic rings. The molecule has 0 aromatic carbocycles. The van der Waals surface area contributed by atoms with Crippen molar-refractivity contribution in [3.63, 3.8) is 0 Å². The first-order valence-corrected chi connectivity index (χ1v) is 7.83. The molecule has 0 spiro atoms. The number of nitrogens with zero attached hydrogens (tertiary/aromatic N) is 5. The summed E-state index contributed by atoms with van der Waals surface area (Å²) in [4.78, 5) is 20.5. The van der Waals surface area contributed by atoms with Crippen LogP contribution in [-0.2, 0) is 13.2 Å². The largest absolute Gasteiger partial charge is 0.435 e. The number of hydrogen-bond donors (Lipinski definition) is 1. The molecule has 0 aliphatic rings. The minimum Gasteiger partial charge on any atom is -0.339 e. The van der Waals surface area contributed by atoms with Crippen molar-refractivity contribution in [2.24, 2.45) is 7.05 Å². The number of halogens is 3. The maximum atomic E-state index is 12.7. The number of nitrogens with one attached hydrogen (secondary N) is 1. The third kappa shape index (κ3) is 3.96. The van der Waals surface area contributed by atoms with E-state index in [0.29, 0.717) is 17.5 Å². The molecular weight excluding hydrogens is 365 g/mol. The van der Waals surface area contributed by atoms with E-state index in [0.717, 1.165) is 10.2 Å². The number of carbonyl (C=O) groups excluding carboxylic acids is 1. The lowest BCUT2D eigenvalue weighted by atomic mass is 10.2. The van der Waals surface area contributed by atoms with Crippen molar-refractivity contribution in [2.75, 3.05) is 0 Å². The fourth-order valence-corrected chi connectivity index (χ4v) is 2.36. The fourth-order valence-electron chi connectivity index (χ4n) is 2.36. The summed E-state index contributed by atoms with van der Waals surface area (Å²) < 4.78 is 44.2. The molecule has 0 unspecified atom stereocenters. The number of alkyl halides is 3. The zero-order valence-electron chi connectivity index (χ0n) is 14.6. The number of rotatable bonds is 4. The Hall–Kier alpha value is -3.24. The number of amides is 1. The van der Waals surface area contributed by atoms with E-state index in [9.17, 15) is 18.0 Å². The molecule has 0 aliphatic heterocycles. The highest BCUT2D eigenvalue weighted by molar-refractivity contribution is 5.92. The first-order valence-electron chi connectivity index (χ1n) is 7.83. The van der Waals surface area contributed by atoms with Gasteiger partial charge < -0.3 is 9.84 Å². The van der Waals surface area contributed by atoms with Gasteiger partial charge in [0.1, 0.15) is 11.7 Å². The fraction of sp³-hybridized carbons (Fsp3) is 0.312. The van der Waals surface area contributed by atoms with Crippen LogP contribution in [0.5, 0.6) is 0 Å². The van der Waals surface area contributed by atoms with Crippen molar-refractivity contribution in [2.45, 2.75) is 26.1 Å². The van der Waals surface area contributed by atoms with Gasteiger partial charge in [0, 0.05) is 31.1 Å². The lowest BCUT2D eigenvalue weighted by molar-refractivity contribution is -0.141. The van der Waals surface area contributed by atoms with Crippen molar-refractivity contribution in [1.82, 2.24) is 30.2 Å². The zero-order valence-corrected chi connectivity index (χ0v) is 14.6. The second-order valence-electron chi connectivity index (χ2n) is 5.94. The summed E-state index contributed by atoms with van der Waals surface area (Å²) in [6.07, 6.45) is -1.39. The van der Waals surface area contributed by atoms with E-state index in [1.807, 2.05) is 13.0 Å². The topological polar surface area (TPSA) is 98.7 Å². The molecule has 0 radical (unpaired) electrons. The van der Waals surface area contributed by atoms with Crippen LogP contribution in [-0.4, -0.2) is 30.8 Å². The summed E-state index contributed by atoms with van der Waals surface area (Å²) >= 11 is 0. The van der Waals surface area contributed by atoms with Crippen LogP contribution in [0.15, 0.2) is 29.0 Å². The minimum absolute atomic E-state index is 0.109. The van der Waals surface area contributed by atoms with Crippen molar-refractivity contribution >= 4 is 5.91 Å². The number of aromatic nitrogens is 5. The van der Waals surface area contributed by atoms with Crippen molar-refractivity contribution in [1.29, 1.82) is 0 Å². The van der Waals surface area contributed by atoms with Crippen LogP contribution in [0.1, 0.15) is 40.6 Å². The summed E-state index contributed by atoms with van der Waals surface area (Å²) in [6.45, 7) is 3.44. The molecule has 8 nitrogen and oxygen atoms in total. The van der Waals surface area contributed by atoms with Crippen LogP contribution in [0.3, 0.4) is 0 Å². The number of hydrogen-bond acceptors (Lipinski definition) is 6. The van der Waals surface area contributed by atoms with Crippen molar-refractivity contribution in [3.05, 3.63) is 47.4 Å². The predicted molar refractivity (Wildman–Crippen MR) is 86.4 cm³/mol. The monoisotopic (exact) mass is 380 g/mol. The molecule has 1 atom stereocenters. The van der Waals surface area contributed by atoms with Crippen molar-refractivity contribution < 1.29 is 22.5 Å². The third-order valence-corrected chi connectivity index (χ3v) is 3.70. The highest BCUT2D eigenvalue weighted by Gasteiger charge is 2.35. The van der Waals surface area contributed by atoms with Gasteiger partial charge in [0.2, 0.25) is 11.7 Å². The summed E-state index contributed by atoms with van der Waals surface area (Å²) in [5.41, 5.74) is 0.175. The lowest BCUT2D eigenvalue weighted by Gasteiger charge is -2.09. The highest BCUT2D eigenvalue weighted by Crippen LogP contribution is 2.28. The third-order valence-electron chi connectivity index (χ3n) is 3.70. The maximum absolute atomic E-state index is 12.7. The molecule has 0 saturated carbocycles. The van der Waals surface area contributed by atoms with Crippen LogP contribution in [0.2, 0.25) is 0 Å². The molecule has 0 aliphatic carbocycles. The second kappa shape index (κ2) is 6.82. The van der Waals surface area contributed by atoms with E-state index < -0.39 is 23.8 Å². The smallest absolute Gasteiger partial charge is 0.339 e. The molecule has 27 heavy (non-hydrogen) atoms. The Bertz CT molecular complexity index is 979. The van der Waals surface area contributed by atoms with Gasteiger partial charge in [0.05, 0.1) is 0 Å². The normalized spacial score (nSPS) is 12.8. The molecule has 142 valence electrons. The summed E-state index contributed by atoms with van der Waals surface area (Å²) in [5.74, 6) is -0.342. The first-order chi connectivity index (χ1) is 12.6. The van der Waals surface area contributed by atoms with Gasteiger partial charge in [-0.05, 0) is 25.5 Å². The Balaban J connectivity index is 1.75. The maximum Gasteiger partial charge on any atom is 0.435 e. The Morgan fingerprint density at radius 1 is 1.30 bits per heavy atom. The molecule has 0 saturated heterocycles. The van der Waals surface area contributed by atoms with E-state index >= 15 is 0 Å². The standard InChI is InChI=1S/C16H15F3N6O2/c1-8-4-10(7-20-6-8)13-22-15(27-24-13)9(2)21-14(26)11-5-12(16(17,18)19)23-25(11)3/h4-7,9H,1-3H3,(H,21,26)/t9-/m0/s1. The Morgan fingerprint density at radius 2 is 2.04 bits per heavy atom. The molecule has 0 bridgehead atoms. The molecule has 3 rings (SSSR count). The first kappa shape index (κ1) is 18.5. The Kier molecular flexibility index (Phi) is 4.68. The number of carbonyl (C=O) groups is 1. The van der Waals surface area contributed by atoms with E-state index in [-0.39, 0.29) is 11.6 Å². The average molecular weight is 380 g/mol. The second-order valence-corrected chi connectivity index (χ2v) is 5.94. The van der Waals surface area contributed by atoms with E-state index in [2.05, 4.69) is 25.5 Å².